The highest BCUT2D eigenvalue weighted by Gasteiger charge is 2.18. The summed E-state index contributed by atoms with van der Waals surface area (Å²) >= 11 is 1.72. The first-order valence-corrected chi connectivity index (χ1v) is 6.96. The molecule has 0 bridgehead atoms. The van der Waals surface area contributed by atoms with Crippen molar-refractivity contribution in [3.8, 4) is 5.75 Å². The number of likely N-dealkylation sites (N-methyl/N-ethyl adjacent to an activating group) is 1. The van der Waals surface area contributed by atoms with Gasteiger partial charge in [-0.2, -0.15) is 0 Å². The van der Waals surface area contributed by atoms with Gasteiger partial charge in [-0.3, -0.25) is 0 Å². The summed E-state index contributed by atoms with van der Waals surface area (Å²) in [6.07, 6.45) is 4.75. The molecule has 4 nitrogen and oxygen atoms in total. The number of ether oxygens (including phenoxy) is 1. The van der Waals surface area contributed by atoms with E-state index in [-0.39, 0.29) is 6.04 Å². The van der Waals surface area contributed by atoms with Crippen LogP contribution < -0.4 is 10.1 Å². The van der Waals surface area contributed by atoms with Gasteiger partial charge < -0.3 is 14.6 Å². The fourth-order valence-corrected chi connectivity index (χ4v) is 3.03. The molecule has 5 heteroatoms. The molecule has 1 atom stereocenters. The second kappa shape index (κ2) is 6.02. The van der Waals surface area contributed by atoms with Crippen LogP contribution in [0.15, 0.2) is 23.8 Å². The highest BCUT2D eigenvalue weighted by molar-refractivity contribution is 7.10. The molecule has 0 saturated carbocycles. The van der Waals surface area contributed by atoms with Gasteiger partial charge in [0.15, 0.2) is 0 Å². The first kappa shape index (κ1) is 13.1. The van der Waals surface area contributed by atoms with Crippen molar-refractivity contribution < 1.29 is 4.74 Å². The molecule has 0 aliphatic heterocycles. The van der Waals surface area contributed by atoms with Crippen LogP contribution in [0, 0.1) is 0 Å². The zero-order valence-corrected chi connectivity index (χ0v) is 11.8. The average molecular weight is 265 g/mol. The van der Waals surface area contributed by atoms with Crippen LogP contribution in [-0.2, 0) is 13.0 Å². The molecule has 0 fully saturated rings. The Bertz CT molecular complexity index is 492. The smallest absolute Gasteiger partial charge is 0.134 e. The van der Waals surface area contributed by atoms with E-state index in [9.17, 15) is 0 Å². The molecule has 0 amide bonds. The van der Waals surface area contributed by atoms with Crippen molar-refractivity contribution >= 4 is 11.3 Å². The summed E-state index contributed by atoms with van der Waals surface area (Å²) in [4.78, 5) is 5.65. The highest BCUT2D eigenvalue weighted by Crippen LogP contribution is 2.32. The number of hydrogen-bond acceptors (Lipinski definition) is 4. The first-order chi connectivity index (χ1) is 8.80. The average Bonchev–Trinajstić information content (AvgIpc) is 3.03. The Morgan fingerprint density at radius 2 is 2.39 bits per heavy atom. The third-order valence-corrected chi connectivity index (χ3v) is 4.08. The quantitative estimate of drug-likeness (QED) is 0.872. The van der Waals surface area contributed by atoms with Gasteiger partial charge in [-0.1, -0.05) is 0 Å². The Balaban J connectivity index is 2.20. The van der Waals surface area contributed by atoms with Crippen molar-refractivity contribution in [1.82, 2.24) is 14.9 Å². The van der Waals surface area contributed by atoms with E-state index in [4.69, 9.17) is 4.74 Å². The molecule has 2 aromatic rings. The van der Waals surface area contributed by atoms with Crippen LogP contribution in [0.3, 0.4) is 0 Å². The number of nitrogens with one attached hydrogen (secondary N) is 1. The topological polar surface area (TPSA) is 39.1 Å². The van der Waals surface area contributed by atoms with Crippen molar-refractivity contribution in [2.75, 3.05) is 14.2 Å². The zero-order chi connectivity index (χ0) is 13.0. The summed E-state index contributed by atoms with van der Waals surface area (Å²) in [6.45, 7) is 3.08. The molecular weight excluding hydrogens is 246 g/mol. The van der Waals surface area contributed by atoms with Crippen LogP contribution in [0.1, 0.15) is 23.7 Å². The number of rotatable bonds is 6. The second-order valence-corrected chi connectivity index (χ2v) is 4.98. The number of nitrogens with zero attached hydrogens (tertiary/aromatic N) is 2. The molecule has 0 aliphatic carbocycles. The molecule has 98 valence electrons. The summed E-state index contributed by atoms with van der Waals surface area (Å²) in [6, 6.07) is 2.25. The van der Waals surface area contributed by atoms with Crippen LogP contribution in [-0.4, -0.2) is 23.7 Å². The predicted octanol–water partition coefficient (Wildman–Crippen LogP) is 2.48. The maximum atomic E-state index is 5.39. The fraction of sp³-hybridized carbons (Fsp3) is 0.462. The SMILES string of the molecule is CCn1ccnc1CC(NC)c1sccc1OC. The van der Waals surface area contributed by atoms with E-state index in [1.807, 2.05) is 25.5 Å². The molecule has 0 saturated heterocycles. The fourth-order valence-electron chi connectivity index (χ4n) is 2.06. The lowest BCUT2D eigenvalue weighted by atomic mass is 10.1. The molecule has 0 radical (unpaired) electrons. The largest absolute Gasteiger partial charge is 0.496 e. The van der Waals surface area contributed by atoms with Gasteiger partial charge in [0.2, 0.25) is 0 Å². The Kier molecular flexibility index (Phi) is 4.38. The van der Waals surface area contributed by atoms with E-state index < -0.39 is 0 Å². The number of methoxy groups -OCH3 is 1. The molecule has 1 unspecified atom stereocenters. The van der Waals surface area contributed by atoms with Gasteiger partial charge in [0, 0.05) is 25.4 Å². The molecule has 0 aromatic carbocycles. The number of hydrogen-bond donors (Lipinski definition) is 1. The first-order valence-electron chi connectivity index (χ1n) is 6.08. The van der Waals surface area contributed by atoms with Gasteiger partial charge in [0.05, 0.1) is 18.0 Å². The number of imidazole rings is 1. The van der Waals surface area contributed by atoms with Crippen molar-refractivity contribution in [2.24, 2.45) is 0 Å². The predicted molar refractivity (Wildman–Crippen MR) is 74.3 cm³/mol. The van der Waals surface area contributed by atoms with Gasteiger partial charge in [0.25, 0.3) is 0 Å². The van der Waals surface area contributed by atoms with Gasteiger partial charge in [-0.05, 0) is 25.4 Å². The van der Waals surface area contributed by atoms with Gasteiger partial charge in [-0.25, -0.2) is 4.98 Å². The Hall–Kier alpha value is -1.33. The molecule has 0 aliphatic rings. The van der Waals surface area contributed by atoms with Gasteiger partial charge in [-0.15, -0.1) is 11.3 Å². The second-order valence-electron chi connectivity index (χ2n) is 4.03. The van der Waals surface area contributed by atoms with Crippen molar-refractivity contribution in [3.63, 3.8) is 0 Å². The number of aryl methyl sites for hydroxylation is 1. The molecular formula is C13H19N3OS. The van der Waals surface area contributed by atoms with Crippen LogP contribution in [0.2, 0.25) is 0 Å². The van der Waals surface area contributed by atoms with Crippen LogP contribution in [0.25, 0.3) is 0 Å². The minimum absolute atomic E-state index is 0.243. The standard InChI is InChI=1S/C13H19N3OS/c1-4-16-7-6-15-12(16)9-10(14-2)13-11(17-3)5-8-18-13/h5-8,10,14H,4,9H2,1-3H3. The summed E-state index contributed by atoms with van der Waals surface area (Å²) in [5.74, 6) is 2.06. The summed E-state index contributed by atoms with van der Waals surface area (Å²) in [7, 11) is 3.69. The maximum Gasteiger partial charge on any atom is 0.134 e. The Morgan fingerprint density at radius 3 is 3.06 bits per heavy atom. The summed E-state index contributed by atoms with van der Waals surface area (Å²) in [5, 5.41) is 5.41. The van der Waals surface area contributed by atoms with Crippen molar-refractivity contribution in [3.05, 3.63) is 34.5 Å². The number of thiophene rings is 1. The monoisotopic (exact) mass is 265 g/mol. The Labute approximate surface area is 112 Å². The third-order valence-electron chi connectivity index (χ3n) is 3.07. The highest BCUT2D eigenvalue weighted by atomic mass is 32.1. The lowest BCUT2D eigenvalue weighted by Gasteiger charge is -2.16. The molecule has 1 N–H and O–H groups in total. The molecule has 2 aromatic heterocycles. The van der Waals surface area contributed by atoms with Crippen LogP contribution >= 0.6 is 11.3 Å². The summed E-state index contributed by atoms with van der Waals surface area (Å²) < 4.78 is 7.56. The van der Waals surface area contributed by atoms with Crippen LogP contribution in [0.5, 0.6) is 5.75 Å². The van der Waals surface area contributed by atoms with Gasteiger partial charge in [0.1, 0.15) is 11.6 Å². The normalized spacial score (nSPS) is 12.6. The van der Waals surface area contributed by atoms with E-state index in [2.05, 4.69) is 27.2 Å². The van der Waals surface area contributed by atoms with E-state index in [0.29, 0.717) is 0 Å². The van der Waals surface area contributed by atoms with E-state index in [1.165, 1.54) is 4.88 Å². The molecule has 0 spiro atoms. The Morgan fingerprint density at radius 1 is 1.56 bits per heavy atom. The third kappa shape index (κ3) is 2.57. The van der Waals surface area contributed by atoms with Crippen LogP contribution in [0.4, 0.5) is 0 Å². The van der Waals surface area contributed by atoms with E-state index >= 15 is 0 Å². The molecule has 18 heavy (non-hydrogen) atoms. The van der Waals surface area contributed by atoms with E-state index in [0.717, 1.165) is 24.5 Å². The molecule has 2 rings (SSSR count). The number of aromatic nitrogens is 2. The summed E-state index contributed by atoms with van der Waals surface area (Å²) in [5.41, 5.74) is 0. The minimum Gasteiger partial charge on any atom is -0.496 e. The van der Waals surface area contributed by atoms with Crippen molar-refractivity contribution in [2.45, 2.75) is 25.9 Å². The molecule has 2 heterocycles. The van der Waals surface area contributed by atoms with Crippen molar-refractivity contribution in [1.29, 1.82) is 0 Å². The van der Waals surface area contributed by atoms with E-state index in [1.54, 1.807) is 18.4 Å². The van der Waals surface area contributed by atoms with Gasteiger partial charge >= 0.3 is 0 Å². The minimum atomic E-state index is 0.243. The lowest BCUT2D eigenvalue weighted by molar-refractivity contribution is 0.404. The lowest BCUT2D eigenvalue weighted by Crippen LogP contribution is -2.20. The zero-order valence-electron chi connectivity index (χ0n) is 11.0. The maximum absolute atomic E-state index is 5.39.